The van der Waals surface area contributed by atoms with Crippen LogP contribution in [0.4, 0.5) is 0 Å². The highest BCUT2D eigenvalue weighted by Crippen LogP contribution is 1.88. The average Bonchev–Trinajstić information content (AvgIpc) is 2.56. The smallest absolute Gasteiger partial charge is 0.236 e. The maximum atomic E-state index is 11.0. The SMILES string of the molecule is C[C@H](N)C(=O)NCCc1ncc[nH]1. The number of hydrogen-bond acceptors (Lipinski definition) is 3. The molecule has 13 heavy (non-hydrogen) atoms. The van der Waals surface area contributed by atoms with E-state index >= 15 is 0 Å². The fourth-order valence-electron chi connectivity index (χ4n) is 0.900. The molecule has 1 amide bonds. The van der Waals surface area contributed by atoms with Gasteiger partial charge in [0, 0.05) is 25.4 Å². The number of amides is 1. The van der Waals surface area contributed by atoms with E-state index in [9.17, 15) is 4.79 Å². The van der Waals surface area contributed by atoms with E-state index in [1.807, 2.05) is 0 Å². The number of H-pyrrole nitrogens is 1. The number of imidazole rings is 1. The van der Waals surface area contributed by atoms with Crippen LogP contribution in [0.5, 0.6) is 0 Å². The van der Waals surface area contributed by atoms with Crippen LogP contribution in [0.2, 0.25) is 0 Å². The zero-order valence-corrected chi connectivity index (χ0v) is 7.58. The molecule has 72 valence electrons. The Balaban J connectivity index is 2.18. The minimum atomic E-state index is -0.448. The number of rotatable bonds is 4. The van der Waals surface area contributed by atoms with Crippen molar-refractivity contribution in [3.63, 3.8) is 0 Å². The Bertz CT molecular complexity index is 255. The lowest BCUT2D eigenvalue weighted by molar-refractivity contribution is -0.121. The van der Waals surface area contributed by atoms with Crippen molar-refractivity contribution in [1.82, 2.24) is 15.3 Å². The summed E-state index contributed by atoms with van der Waals surface area (Å²) in [5.74, 6) is 0.733. The first-order valence-corrected chi connectivity index (χ1v) is 4.21. The normalized spacial score (nSPS) is 12.5. The Morgan fingerprint density at radius 1 is 1.85 bits per heavy atom. The predicted molar refractivity (Wildman–Crippen MR) is 49.0 cm³/mol. The molecule has 1 atom stereocenters. The molecule has 0 saturated heterocycles. The maximum Gasteiger partial charge on any atom is 0.236 e. The molecule has 0 fully saturated rings. The van der Waals surface area contributed by atoms with Gasteiger partial charge in [-0.1, -0.05) is 0 Å². The number of nitrogens with one attached hydrogen (secondary N) is 2. The highest BCUT2D eigenvalue weighted by molar-refractivity contribution is 5.80. The summed E-state index contributed by atoms with van der Waals surface area (Å²) in [6, 6.07) is -0.448. The van der Waals surface area contributed by atoms with Crippen LogP contribution in [0.25, 0.3) is 0 Å². The Morgan fingerprint density at radius 3 is 3.15 bits per heavy atom. The van der Waals surface area contributed by atoms with E-state index in [2.05, 4.69) is 15.3 Å². The van der Waals surface area contributed by atoms with Crippen LogP contribution >= 0.6 is 0 Å². The molecule has 0 bridgehead atoms. The number of hydrogen-bond donors (Lipinski definition) is 3. The Hall–Kier alpha value is -1.36. The van der Waals surface area contributed by atoms with Gasteiger partial charge in [-0.25, -0.2) is 4.98 Å². The molecule has 5 nitrogen and oxygen atoms in total. The molecule has 1 aromatic heterocycles. The summed E-state index contributed by atoms with van der Waals surface area (Å²) in [7, 11) is 0. The molecule has 1 rings (SSSR count). The molecule has 0 aliphatic carbocycles. The highest BCUT2D eigenvalue weighted by Gasteiger charge is 2.05. The van der Waals surface area contributed by atoms with Gasteiger partial charge in [0.25, 0.3) is 0 Å². The minimum Gasteiger partial charge on any atom is -0.354 e. The van der Waals surface area contributed by atoms with Crippen molar-refractivity contribution in [2.75, 3.05) is 6.54 Å². The first kappa shape index (κ1) is 9.73. The molecular weight excluding hydrogens is 168 g/mol. The minimum absolute atomic E-state index is 0.133. The zero-order valence-electron chi connectivity index (χ0n) is 7.58. The van der Waals surface area contributed by atoms with Crippen molar-refractivity contribution in [2.45, 2.75) is 19.4 Å². The van der Waals surface area contributed by atoms with Gasteiger partial charge in [0.2, 0.25) is 5.91 Å². The van der Waals surface area contributed by atoms with Crippen LogP contribution in [0.15, 0.2) is 12.4 Å². The Morgan fingerprint density at radius 2 is 2.62 bits per heavy atom. The summed E-state index contributed by atoms with van der Waals surface area (Å²) < 4.78 is 0. The largest absolute Gasteiger partial charge is 0.354 e. The average molecular weight is 182 g/mol. The van der Waals surface area contributed by atoms with Crippen molar-refractivity contribution in [2.24, 2.45) is 5.73 Å². The van der Waals surface area contributed by atoms with E-state index in [0.29, 0.717) is 13.0 Å². The third-order valence-electron chi connectivity index (χ3n) is 1.63. The van der Waals surface area contributed by atoms with Gasteiger partial charge in [0.15, 0.2) is 0 Å². The molecule has 0 aliphatic heterocycles. The fourth-order valence-corrected chi connectivity index (χ4v) is 0.900. The topological polar surface area (TPSA) is 83.8 Å². The molecule has 1 heterocycles. The van der Waals surface area contributed by atoms with Gasteiger partial charge in [0.1, 0.15) is 5.82 Å². The lowest BCUT2D eigenvalue weighted by Gasteiger charge is -2.05. The second-order valence-electron chi connectivity index (χ2n) is 2.87. The number of nitrogens with zero attached hydrogens (tertiary/aromatic N) is 1. The summed E-state index contributed by atoms with van der Waals surface area (Å²) in [4.78, 5) is 18.0. The van der Waals surface area contributed by atoms with Crippen molar-refractivity contribution in [3.05, 3.63) is 18.2 Å². The van der Waals surface area contributed by atoms with Crippen molar-refractivity contribution >= 4 is 5.91 Å². The summed E-state index contributed by atoms with van der Waals surface area (Å²) in [6.45, 7) is 2.22. The molecule has 0 spiro atoms. The number of carbonyl (C=O) groups is 1. The molecule has 0 aliphatic rings. The second kappa shape index (κ2) is 4.61. The number of nitrogens with two attached hydrogens (primary N) is 1. The molecule has 4 N–H and O–H groups in total. The summed E-state index contributed by atoms with van der Waals surface area (Å²) in [5, 5.41) is 2.70. The van der Waals surface area contributed by atoms with Gasteiger partial charge in [-0.3, -0.25) is 4.79 Å². The van der Waals surface area contributed by atoms with Gasteiger partial charge < -0.3 is 16.0 Å². The number of aromatic nitrogens is 2. The maximum absolute atomic E-state index is 11.0. The quantitative estimate of drug-likeness (QED) is 0.582. The van der Waals surface area contributed by atoms with E-state index in [4.69, 9.17) is 5.73 Å². The monoisotopic (exact) mass is 182 g/mol. The predicted octanol–water partition coefficient (Wildman–Crippen LogP) is -0.584. The van der Waals surface area contributed by atoms with E-state index in [-0.39, 0.29) is 5.91 Å². The summed E-state index contributed by atoms with van der Waals surface area (Å²) in [6.07, 6.45) is 4.14. The molecule has 1 aromatic rings. The Labute approximate surface area is 76.7 Å². The molecular formula is C8H14N4O. The van der Waals surface area contributed by atoms with Crippen LogP contribution in [-0.4, -0.2) is 28.5 Å². The van der Waals surface area contributed by atoms with Crippen molar-refractivity contribution < 1.29 is 4.79 Å². The van der Waals surface area contributed by atoms with Crippen molar-refractivity contribution in [3.8, 4) is 0 Å². The van der Waals surface area contributed by atoms with E-state index in [1.54, 1.807) is 19.3 Å². The summed E-state index contributed by atoms with van der Waals surface area (Å²) in [5.41, 5.74) is 5.36. The molecule has 0 aromatic carbocycles. The number of aromatic amines is 1. The van der Waals surface area contributed by atoms with Gasteiger partial charge in [-0.05, 0) is 6.92 Å². The second-order valence-corrected chi connectivity index (χ2v) is 2.87. The molecule has 5 heteroatoms. The van der Waals surface area contributed by atoms with Crippen molar-refractivity contribution in [1.29, 1.82) is 0 Å². The molecule has 0 unspecified atom stereocenters. The van der Waals surface area contributed by atoms with E-state index < -0.39 is 6.04 Å². The van der Waals surface area contributed by atoms with E-state index in [0.717, 1.165) is 5.82 Å². The van der Waals surface area contributed by atoms with Crippen LogP contribution in [0.1, 0.15) is 12.7 Å². The summed E-state index contributed by atoms with van der Waals surface area (Å²) >= 11 is 0. The van der Waals surface area contributed by atoms with Gasteiger partial charge in [-0.2, -0.15) is 0 Å². The molecule has 0 saturated carbocycles. The van der Waals surface area contributed by atoms with Gasteiger partial charge in [-0.15, -0.1) is 0 Å². The lowest BCUT2D eigenvalue weighted by Crippen LogP contribution is -2.39. The van der Waals surface area contributed by atoms with E-state index in [1.165, 1.54) is 0 Å². The van der Waals surface area contributed by atoms with Crippen LogP contribution in [-0.2, 0) is 11.2 Å². The van der Waals surface area contributed by atoms with Gasteiger partial charge >= 0.3 is 0 Å². The third-order valence-corrected chi connectivity index (χ3v) is 1.63. The van der Waals surface area contributed by atoms with Crippen LogP contribution in [0.3, 0.4) is 0 Å². The lowest BCUT2D eigenvalue weighted by atomic mass is 10.3. The van der Waals surface area contributed by atoms with Gasteiger partial charge in [0.05, 0.1) is 6.04 Å². The fraction of sp³-hybridized carbons (Fsp3) is 0.500. The standard InChI is InChI=1S/C8H14N4O/c1-6(9)8(13)12-3-2-7-10-4-5-11-7/h4-6H,2-3,9H2,1H3,(H,10,11)(H,12,13)/t6-/m0/s1. The van der Waals surface area contributed by atoms with Crippen LogP contribution < -0.4 is 11.1 Å². The van der Waals surface area contributed by atoms with Crippen LogP contribution in [0, 0.1) is 0 Å². The molecule has 0 radical (unpaired) electrons. The first-order valence-electron chi connectivity index (χ1n) is 4.21. The number of carbonyl (C=O) groups excluding carboxylic acids is 1. The first-order chi connectivity index (χ1) is 6.20. The highest BCUT2D eigenvalue weighted by atomic mass is 16.2. The Kier molecular flexibility index (Phi) is 3.45. The third kappa shape index (κ3) is 3.25. The zero-order chi connectivity index (χ0) is 9.68.